The SMILES string of the molecule is COC(=O)NC(CCCNC(=O)[C@@H]1CNC[C@H]1c1ccc(OC)cc1F)c1ccc(Cl)cc1. The number of rotatable bonds is 9. The second-order valence-corrected chi connectivity index (χ2v) is 8.37. The lowest BCUT2D eigenvalue weighted by Gasteiger charge is -2.21. The Morgan fingerprint density at radius 1 is 1.18 bits per heavy atom. The van der Waals surface area contributed by atoms with Gasteiger partial charge in [-0.05, 0) is 42.2 Å². The molecule has 7 nitrogen and oxygen atoms in total. The zero-order valence-corrected chi connectivity index (χ0v) is 19.5. The minimum atomic E-state index is -0.527. The summed E-state index contributed by atoms with van der Waals surface area (Å²) >= 11 is 5.96. The maximum Gasteiger partial charge on any atom is 0.407 e. The summed E-state index contributed by atoms with van der Waals surface area (Å²) in [4.78, 5) is 24.6. The van der Waals surface area contributed by atoms with E-state index in [2.05, 4.69) is 16.0 Å². The molecule has 2 aromatic rings. The van der Waals surface area contributed by atoms with Crippen LogP contribution in [0.15, 0.2) is 42.5 Å². The minimum absolute atomic E-state index is 0.121. The fourth-order valence-electron chi connectivity index (χ4n) is 4.08. The Morgan fingerprint density at radius 2 is 1.94 bits per heavy atom. The summed E-state index contributed by atoms with van der Waals surface area (Å²) < 4.78 is 24.3. The molecule has 0 saturated carbocycles. The van der Waals surface area contributed by atoms with Crippen LogP contribution in [0.5, 0.6) is 5.75 Å². The highest BCUT2D eigenvalue weighted by Crippen LogP contribution is 2.32. The minimum Gasteiger partial charge on any atom is -0.497 e. The van der Waals surface area contributed by atoms with E-state index in [1.54, 1.807) is 24.3 Å². The predicted molar refractivity (Wildman–Crippen MR) is 124 cm³/mol. The molecule has 1 aliphatic rings. The van der Waals surface area contributed by atoms with Crippen LogP contribution in [0.3, 0.4) is 0 Å². The first-order valence-electron chi connectivity index (χ1n) is 10.8. The lowest BCUT2D eigenvalue weighted by Crippen LogP contribution is -2.35. The van der Waals surface area contributed by atoms with Gasteiger partial charge in [0.2, 0.25) is 5.91 Å². The summed E-state index contributed by atoms with van der Waals surface area (Å²) in [6.45, 7) is 1.45. The first-order valence-corrected chi connectivity index (χ1v) is 11.2. The van der Waals surface area contributed by atoms with Gasteiger partial charge in [0.25, 0.3) is 0 Å². The van der Waals surface area contributed by atoms with Crippen molar-refractivity contribution >= 4 is 23.6 Å². The Bertz CT molecular complexity index is 957. The van der Waals surface area contributed by atoms with Gasteiger partial charge in [0.1, 0.15) is 11.6 Å². The number of hydrogen-bond acceptors (Lipinski definition) is 5. The van der Waals surface area contributed by atoms with E-state index in [1.165, 1.54) is 20.3 Å². The van der Waals surface area contributed by atoms with Gasteiger partial charge in [0.05, 0.1) is 26.2 Å². The van der Waals surface area contributed by atoms with E-state index in [0.717, 1.165) is 5.56 Å². The van der Waals surface area contributed by atoms with E-state index in [0.29, 0.717) is 48.8 Å². The standard InChI is InChI=1S/C24H29ClFN3O4/c1-32-17-9-10-18(21(26)12-17)19-13-27-14-20(19)23(30)28-11-3-4-22(29-24(31)33-2)15-5-7-16(25)8-6-15/h5-10,12,19-20,22,27H,3-4,11,13-14H2,1-2H3,(H,28,30)(H,29,31)/t19-,20+,22?/m0/s1. The van der Waals surface area contributed by atoms with Crippen LogP contribution in [0.2, 0.25) is 5.02 Å². The van der Waals surface area contributed by atoms with Crippen LogP contribution in [0.1, 0.15) is 35.9 Å². The van der Waals surface area contributed by atoms with Crippen LogP contribution >= 0.6 is 11.6 Å². The Hall–Kier alpha value is -2.84. The molecule has 0 aromatic heterocycles. The fourth-order valence-corrected chi connectivity index (χ4v) is 4.21. The van der Waals surface area contributed by atoms with Crippen molar-refractivity contribution in [1.29, 1.82) is 0 Å². The molecular weight excluding hydrogens is 449 g/mol. The second-order valence-electron chi connectivity index (χ2n) is 7.93. The summed E-state index contributed by atoms with van der Waals surface area (Å²) in [5.41, 5.74) is 1.40. The number of alkyl carbamates (subject to hydrolysis) is 1. The number of amides is 2. The number of nitrogens with one attached hydrogen (secondary N) is 3. The lowest BCUT2D eigenvalue weighted by molar-refractivity contribution is -0.124. The van der Waals surface area contributed by atoms with Crippen molar-refractivity contribution in [2.24, 2.45) is 5.92 Å². The molecule has 3 rings (SSSR count). The Morgan fingerprint density at radius 3 is 2.61 bits per heavy atom. The number of hydrogen-bond donors (Lipinski definition) is 3. The van der Waals surface area contributed by atoms with Gasteiger partial charge in [0, 0.05) is 36.6 Å². The van der Waals surface area contributed by atoms with Gasteiger partial charge in [-0.25, -0.2) is 9.18 Å². The average Bonchev–Trinajstić information content (AvgIpc) is 3.31. The molecule has 0 aliphatic carbocycles. The highest BCUT2D eigenvalue weighted by molar-refractivity contribution is 6.30. The average molecular weight is 478 g/mol. The molecule has 2 aromatic carbocycles. The molecule has 33 heavy (non-hydrogen) atoms. The molecule has 1 heterocycles. The van der Waals surface area contributed by atoms with Gasteiger partial charge in [-0.1, -0.05) is 29.8 Å². The van der Waals surface area contributed by atoms with Crippen LogP contribution in [-0.2, 0) is 9.53 Å². The largest absolute Gasteiger partial charge is 0.497 e. The maximum atomic E-state index is 14.5. The van der Waals surface area contributed by atoms with Crippen molar-refractivity contribution in [3.8, 4) is 5.75 Å². The van der Waals surface area contributed by atoms with Gasteiger partial charge in [0.15, 0.2) is 0 Å². The number of ether oxygens (including phenoxy) is 2. The molecule has 3 atom stereocenters. The number of benzene rings is 2. The molecule has 178 valence electrons. The zero-order chi connectivity index (χ0) is 23.8. The van der Waals surface area contributed by atoms with E-state index in [1.807, 2.05) is 12.1 Å². The van der Waals surface area contributed by atoms with Crippen LogP contribution in [0.25, 0.3) is 0 Å². The van der Waals surface area contributed by atoms with Crippen LogP contribution in [0, 0.1) is 11.7 Å². The van der Waals surface area contributed by atoms with Crippen molar-refractivity contribution in [2.75, 3.05) is 33.9 Å². The van der Waals surface area contributed by atoms with Gasteiger partial charge in [-0.2, -0.15) is 0 Å². The smallest absolute Gasteiger partial charge is 0.407 e. The molecule has 0 spiro atoms. The molecule has 0 bridgehead atoms. The number of methoxy groups -OCH3 is 2. The van der Waals surface area contributed by atoms with Crippen LogP contribution < -0.4 is 20.7 Å². The third-order valence-corrected chi connectivity index (χ3v) is 6.13. The van der Waals surface area contributed by atoms with Crippen molar-refractivity contribution in [2.45, 2.75) is 24.8 Å². The number of halogens is 2. The van der Waals surface area contributed by atoms with Gasteiger partial charge < -0.3 is 25.4 Å². The van der Waals surface area contributed by atoms with Gasteiger partial charge in [-0.15, -0.1) is 0 Å². The Balaban J connectivity index is 1.55. The Kier molecular flexibility index (Phi) is 8.91. The topological polar surface area (TPSA) is 88.7 Å². The fraction of sp³-hybridized carbons (Fsp3) is 0.417. The summed E-state index contributed by atoms with van der Waals surface area (Å²) in [5, 5.41) is 9.57. The van der Waals surface area contributed by atoms with Gasteiger partial charge >= 0.3 is 6.09 Å². The molecular formula is C24H29ClFN3O4. The summed E-state index contributed by atoms with van der Waals surface area (Å²) in [6.07, 6.45) is 0.696. The van der Waals surface area contributed by atoms with Crippen molar-refractivity contribution in [1.82, 2.24) is 16.0 Å². The van der Waals surface area contributed by atoms with Gasteiger partial charge in [-0.3, -0.25) is 4.79 Å². The molecule has 1 fully saturated rings. The monoisotopic (exact) mass is 477 g/mol. The zero-order valence-electron chi connectivity index (χ0n) is 18.7. The van der Waals surface area contributed by atoms with E-state index in [9.17, 15) is 14.0 Å². The first-order chi connectivity index (χ1) is 15.9. The molecule has 1 aliphatic heterocycles. The van der Waals surface area contributed by atoms with E-state index in [-0.39, 0.29) is 29.6 Å². The Labute approximate surface area is 198 Å². The van der Waals surface area contributed by atoms with Crippen LogP contribution in [0.4, 0.5) is 9.18 Å². The summed E-state index contributed by atoms with van der Waals surface area (Å²) in [6, 6.07) is 11.7. The molecule has 1 saturated heterocycles. The quantitative estimate of drug-likeness (QED) is 0.478. The number of carbonyl (C=O) groups is 2. The molecule has 3 N–H and O–H groups in total. The molecule has 1 unspecified atom stereocenters. The number of carbonyl (C=O) groups excluding carboxylic acids is 2. The molecule has 9 heteroatoms. The predicted octanol–water partition coefficient (Wildman–Crippen LogP) is 3.78. The third kappa shape index (κ3) is 6.58. The molecule has 0 radical (unpaired) electrons. The van der Waals surface area contributed by atoms with E-state index < -0.39 is 6.09 Å². The van der Waals surface area contributed by atoms with E-state index >= 15 is 0 Å². The summed E-state index contributed by atoms with van der Waals surface area (Å²) in [5.74, 6) is -0.671. The van der Waals surface area contributed by atoms with Crippen molar-refractivity contribution in [3.05, 3.63) is 64.4 Å². The van der Waals surface area contributed by atoms with Crippen LogP contribution in [-0.4, -0.2) is 45.9 Å². The molecule has 2 amide bonds. The maximum absolute atomic E-state index is 14.5. The normalized spacial score (nSPS) is 18.4. The lowest BCUT2D eigenvalue weighted by atomic mass is 9.88. The van der Waals surface area contributed by atoms with E-state index in [4.69, 9.17) is 21.1 Å². The highest BCUT2D eigenvalue weighted by atomic mass is 35.5. The summed E-state index contributed by atoms with van der Waals surface area (Å²) in [7, 11) is 2.80. The van der Waals surface area contributed by atoms with Crippen molar-refractivity contribution in [3.63, 3.8) is 0 Å². The second kappa shape index (κ2) is 11.9. The third-order valence-electron chi connectivity index (χ3n) is 5.88. The first kappa shape index (κ1) is 24.8. The highest BCUT2D eigenvalue weighted by Gasteiger charge is 2.35. The van der Waals surface area contributed by atoms with Crippen molar-refractivity contribution < 1.29 is 23.5 Å².